The first-order valence-corrected chi connectivity index (χ1v) is 7.53. The van der Waals surface area contributed by atoms with Gasteiger partial charge in [-0.25, -0.2) is 18.2 Å². The second-order valence-electron chi connectivity index (χ2n) is 5.42. The van der Waals surface area contributed by atoms with Crippen LogP contribution in [0, 0.1) is 12.2 Å². The fraction of sp³-hybridized carbons (Fsp3) is 0.300. The van der Waals surface area contributed by atoms with Crippen molar-refractivity contribution in [2.75, 3.05) is 0 Å². The molecular weight excluding hydrogens is 402 g/mol. The molecule has 3 heteroatoms. The zero-order valence-electron chi connectivity index (χ0n) is 13.1. The van der Waals surface area contributed by atoms with Gasteiger partial charge >= 0.3 is 26.2 Å². The van der Waals surface area contributed by atoms with E-state index in [2.05, 4.69) is 54.6 Å². The normalized spacial score (nSPS) is 19.7. The fourth-order valence-electron chi connectivity index (χ4n) is 3.01. The van der Waals surface area contributed by atoms with Crippen molar-refractivity contribution in [3.8, 4) is 0 Å². The minimum atomic E-state index is 0. The van der Waals surface area contributed by atoms with E-state index in [9.17, 15) is 0 Å². The SMILES string of the molecule is [C-]1=CC2=C(CCCC2)C1c1ccccc1.[C-]1=CC=CC1.[Cl-].[Cl-].[Zr+4]. The maximum Gasteiger partial charge on any atom is 4.00 e. The second kappa shape index (κ2) is 12.1. The number of rotatable bonds is 1. The standard InChI is InChI=1S/C15H15.C5H5.2ClH.Zr/c1-2-6-12(7-3-1)15-11-10-13-8-4-5-9-14(13)15;1-2-4-5-3-1;;;/h1-3,6-7,10,15H,4-5,8-9H2;1-3H,4H2;2*1H;/q2*-1;;;+4/p-2. The van der Waals surface area contributed by atoms with E-state index in [1.54, 1.807) is 11.1 Å². The van der Waals surface area contributed by atoms with Crippen LogP contribution in [0.1, 0.15) is 43.6 Å². The van der Waals surface area contributed by atoms with Crippen molar-refractivity contribution >= 4 is 0 Å². The minimum absolute atomic E-state index is 0. The molecule has 1 aromatic rings. The second-order valence-corrected chi connectivity index (χ2v) is 5.42. The van der Waals surface area contributed by atoms with Crippen molar-refractivity contribution in [3.05, 3.63) is 83.5 Å². The van der Waals surface area contributed by atoms with Crippen LogP contribution in [0.3, 0.4) is 0 Å². The smallest absolute Gasteiger partial charge is 1.00 e. The molecule has 0 heterocycles. The molecular formula is C20H20Cl2Zr. The number of hydrogen-bond acceptors (Lipinski definition) is 0. The summed E-state index contributed by atoms with van der Waals surface area (Å²) in [5.41, 5.74) is 4.60. The van der Waals surface area contributed by atoms with Crippen molar-refractivity contribution in [1.29, 1.82) is 0 Å². The largest absolute Gasteiger partial charge is 4.00 e. The molecule has 0 fully saturated rings. The van der Waals surface area contributed by atoms with Crippen LogP contribution in [-0.4, -0.2) is 0 Å². The van der Waals surface area contributed by atoms with Crippen molar-refractivity contribution in [1.82, 2.24) is 0 Å². The summed E-state index contributed by atoms with van der Waals surface area (Å²) in [7, 11) is 0. The Bertz CT molecular complexity index is 561. The average Bonchev–Trinajstić information content (AvgIpc) is 3.21. The van der Waals surface area contributed by atoms with Crippen LogP contribution in [0.5, 0.6) is 0 Å². The molecule has 3 aliphatic rings. The molecule has 4 rings (SSSR count). The maximum atomic E-state index is 3.52. The summed E-state index contributed by atoms with van der Waals surface area (Å²) in [5.74, 6) is 0.460. The Kier molecular flexibility index (Phi) is 11.9. The van der Waals surface area contributed by atoms with E-state index in [-0.39, 0.29) is 51.0 Å². The minimum Gasteiger partial charge on any atom is -1.00 e. The number of halogens is 2. The fourth-order valence-corrected chi connectivity index (χ4v) is 3.01. The van der Waals surface area contributed by atoms with Crippen LogP contribution in [0.4, 0.5) is 0 Å². The number of benzene rings is 1. The van der Waals surface area contributed by atoms with Gasteiger partial charge in [-0.1, -0.05) is 61.1 Å². The molecule has 3 aliphatic carbocycles. The Morgan fingerprint density at radius 3 is 2.30 bits per heavy atom. The van der Waals surface area contributed by atoms with Crippen molar-refractivity contribution in [3.63, 3.8) is 0 Å². The molecule has 1 atom stereocenters. The third kappa shape index (κ3) is 6.22. The summed E-state index contributed by atoms with van der Waals surface area (Å²) in [5, 5.41) is 0. The van der Waals surface area contributed by atoms with Gasteiger partial charge in [0, 0.05) is 0 Å². The molecule has 0 saturated carbocycles. The van der Waals surface area contributed by atoms with Crippen LogP contribution in [0.25, 0.3) is 0 Å². The third-order valence-electron chi connectivity index (χ3n) is 4.05. The van der Waals surface area contributed by atoms with E-state index in [1.165, 1.54) is 31.2 Å². The molecule has 0 amide bonds. The van der Waals surface area contributed by atoms with Crippen molar-refractivity contribution < 1.29 is 51.0 Å². The first-order valence-electron chi connectivity index (χ1n) is 7.53. The van der Waals surface area contributed by atoms with E-state index in [0.29, 0.717) is 5.92 Å². The predicted molar refractivity (Wildman–Crippen MR) is 84.1 cm³/mol. The molecule has 0 nitrogen and oxygen atoms in total. The molecule has 0 radical (unpaired) electrons. The van der Waals surface area contributed by atoms with Gasteiger partial charge in [0.15, 0.2) is 0 Å². The summed E-state index contributed by atoms with van der Waals surface area (Å²) in [4.78, 5) is 0. The molecule has 0 saturated heterocycles. The summed E-state index contributed by atoms with van der Waals surface area (Å²) < 4.78 is 0. The topological polar surface area (TPSA) is 0 Å². The van der Waals surface area contributed by atoms with Gasteiger partial charge in [-0.15, -0.1) is 6.42 Å². The van der Waals surface area contributed by atoms with E-state index >= 15 is 0 Å². The summed E-state index contributed by atoms with van der Waals surface area (Å²) in [6.07, 6.45) is 21.0. The molecule has 0 aliphatic heterocycles. The Morgan fingerprint density at radius 2 is 1.70 bits per heavy atom. The predicted octanol–water partition coefficient (Wildman–Crippen LogP) is -0.675. The molecule has 0 bridgehead atoms. The number of allylic oxidation sites excluding steroid dienone is 8. The average molecular weight is 423 g/mol. The first kappa shape index (κ1) is 22.6. The van der Waals surface area contributed by atoms with E-state index < -0.39 is 0 Å². The van der Waals surface area contributed by atoms with Crippen LogP contribution in [-0.2, 0) is 26.2 Å². The maximum absolute atomic E-state index is 3.52. The molecule has 1 aromatic carbocycles. The van der Waals surface area contributed by atoms with Gasteiger partial charge in [0.05, 0.1) is 0 Å². The Morgan fingerprint density at radius 1 is 0.957 bits per heavy atom. The van der Waals surface area contributed by atoms with E-state index in [4.69, 9.17) is 0 Å². The molecule has 118 valence electrons. The van der Waals surface area contributed by atoms with Crippen LogP contribution >= 0.6 is 0 Å². The van der Waals surface area contributed by atoms with Gasteiger partial charge in [-0.3, -0.25) is 12.2 Å². The van der Waals surface area contributed by atoms with E-state index in [0.717, 1.165) is 6.42 Å². The van der Waals surface area contributed by atoms with Gasteiger partial charge in [-0.2, -0.15) is 17.2 Å². The van der Waals surface area contributed by atoms with Gasteiger partial charge < -0.3 is 24.8 Å². The summed E-state index contributed by atoms with van der Waals surface area (Å²) in [6, 6.07) is 10.8. The van der Waals surface area contributed by atoms with Gasteiger partial charge in [0.2, 0.25) is 0 Å². The quantitative estimate of drug-likeness (QED) is 0.527. The summed E-state index contributed by atoms with van der Waals surface area (Å²) in [6.45, 7) is 0. The Labute approximate surface area is 171 Å². The van der Waals surface area contributed by atoms with E-state index in [1.807, 2.05) is 12.2 Å². The molecule has 1 unspecified atom stereocenters. The van der Waals surface area contributed by atoms with Crippen molar-refractivity contribution in [2.24, 2.45) is 0 Å². The molecule has 0 N–H and O–H groups in total. The zero-order valence-corrected chi connectivity index (χ0v) is 17.0. The Balaban J connectivity index is 0.000000529. The Hall–Kier alpha value is -0.357. The molecule has 0 aromatic heterocycles. The summed E-state index contributed by atoms with van der Waals surface area (Å²) >= 11 is 0. The van der Waals surface area contributed by atoms with Crippen LogP contribution < -0.4 is 24.8 Å². The van der Waals surface area contributed by atoms with Gasteiger partial charge in [0.25, 0.3) is 0 Å². The van der Waals surface area contributed by atoms with Crippen LogP contribution in [0.2, 0.25) is 0 Å². The van der Waals surface area contributed by atoms with Gasteiger partial charge in [0.1, 0.15) is 0 Å². The monoisotopic (exact) mass is 420 g/mol. The van der Waals surface area contributed by atoms with Crippen molar-refractivity contribution in [2.45, 2.75) is 38.0 Å². The molecule has 23 heavy (non-hydrogen) atoms. The number of hydrogen-bond donors (Lipinski definition) is 0. The zero-order chi connectivity index (χ0) is 13.6. The first-order chi connectivity index (χ1) is 9.95. The van der Waals surface area contributed by atoms with Gasteiger partial charge in [-0.05, 0) is 6.42 Å². The molecule has 0 spiro atoms. The van der Waals surface area contributed by atoms with Crippen LogP contribution in [0.15, 0.2) is 65.8 Å². The third-order valence-corrected chi connectivity index (χ3v) is 4.05.